The summed E-state index contributed by atoms with van der Waals surface area (Å²) in [6.07, 6.45) is -1.78. The Kier molecular flexibility index (Phi) is 4.63. The van der Waals surface area contributed by atoms with Gasteiger partial charge in [0.15, 0.2) is 0 Å². The van der Waals surface area contributed by atoms with Crippen LogP contribution in [-0.2, 0) is 16.2 Å². The molecule has 0 amide bonds. The predicted octanol–water partition coefficient (Wildman–Crippen LogP) is 3.66. The fourth-order valence-electron chi connectivity index (χ4n) is 2.75. The highest BCUT2D eigenvalue weighted by Gasteiger charge is 2.40. The van der Waals surface area contributed by atoms with Crippen LogP contribution in [0.5, 0.6) is 0 Å². The molecular weight excluding hydrogens is 303 g/mol. The maximum atomic E-state index is 13.0. The van der Waals surface area contributed by atoms with Crippen molar-refractivity contribution in [3.05, 3.63) is 29.8 Å². The van der Waals surface area contributed by atoms with E-state index in [9.17, 15) is 21.6 Å². The highest BCUT2D eigenvalue weighted by Crippen LogP contribution is 2.36. The molecule has 21 heavy (non-hydrogen) atoms. The van der Waals surface area contributed by atoms with E-state index in [-0.39, 0.29) is 12.6 Å². The average molecular weight is 321 g/mol. The molecule has 0 N–H and O–H groups in total. The van der Waals surface area contributed by atoms with Gasteiger partial charge in [0, 0.05) is 12.6 Å². The first-order valence-electron chi connectivity index (χ1n) is 6.96. The summed E-state index contributed by atoms with van der Waals surface area (Å²) in [6, 6.07) is 4.17. The van der Waals surface area contributed by atoms with Crippen molar-refractivity contribution in [1.29, 1.82) is 0 Å². The van der Waals surface area contributed by atoms with Gasteiger partial charge in [0.05, 0.1) is 10.5 Å². The van der Waals surface area contributed by atoms with Crippen LogP contribution in [0.2, 0.25) is 0 Å². The minimum absolute atomic E-state index is 0.218. The molecule has 0 aliphatic carbocycles. The molecule has 1 aliphatic heterocycles. The third-order valence-corrected chi connectivity index (χ3v) is 5.83. The van der Waals surface area contributed by atoms with Crippen LogP contribution in [0.15, 0.2) is 29.2 Å². The van der Waals surface area contributed by atoms with E-state index >= 15 is 0 Å². The Hall–Kier alpha value is -1.08. The van der Waals surface area contributed by atoms with Crippen LogP contribution >= 0.6 is 0 Å². The molecule has 0 saturated carbocycles. The summed E-state index contributed by atoms with van der Waals surface area (Å²) in [5, 5.41) is 0. The Morgan fingerprint density at radius 3 is 2.52 bits per heavy atom. The molecule has 1 heterocycles. The third kappa shape index (κ3) is 3.23. The zero-order valence-electron chi connectivity index (χ0n) is 11.7. The maximum absolute atomic E-state index is 13.0. The Morgan fingerprint density at radius 1 is 1.24 bits per heavy atom. The summed E-state index contributed by atoms with van der Waals surface area (Å²) in [4.78, 5) is -0.641. The minimum Gasteiger partial charge on any atom is -0.207 e. The first-order valence-corrected chi connectivity index (χ1v) is 8.40. The molecule has 1 unspecified atom stereocenters. The Labute approximate surface area is 122 Å². The predicted molar refractivity (Wildman–Crippen MR) is 73.3 cm³/mol. The quantitative estimate of drug-likeness (QED) is 0.852. The molecule has 0 bridgehead atoms. The van der Waals surface area contributed by atoms with Gasteiger partial charge in [-0.25, -0.2) is 8.42 Å². The lowest BCUT2D eigenvalue weighted by Crippen LogP contribution is -2.43. The molecule has 1 aromatic rings. The molecule has 0 aromatic heterocycles. The lowest BCUT2D eigenvalue weighted by molar-refractivity contribution is -0.139. The molecule has 3 nitrogen and oxygen atoms in total. The number of rotatable bonds is 3. The van der Waals surface area contributed by atoms with Gasteiger partial charge in [-0.2, -0.15) is 17.5 Å². The average Bonchev–Trinajstić information content (AvgIpc) is 2.46. The monoisotopic (exact) mass is 321 g/mol. The number of alkyl halides is 3. The second-order valence-electron chi connectivity index (χ2n) is 5.17. The van der Waals surface area contributed by atoms with Gasteiger partial charge in [0.25, 0.3) is 0 Å². The summed E-state index contributed by atoms with van der Waals surface area (Å²) >= 11 is 0. The van der Waals surface area contributed by atoms with E-state index in [1.807, 2.05) is 6.92 Å². The van der Waals surface area contributed by atoms with Gasteiger partial charge < -0.3 is 0 Å². The summed E-state index contributed by atoms with van der Waals surface area (Å²) in [7, 11) is -4.12. The number of hydrogen-bond acceptors (Lipinski definition) is 2. The summed E-state index contributed by atoms with van der Waals surface area (Å²) < 4.78 is 65.7. The SMILES string of the molecule is CCC1CCCCN1S(=O)(=O)c1ccccc1C(F)(F)F. The van der Waals surface area contributed by atoms with Crippen molar-refractivity contribution in [2.75, 3.05) is 6.54 Å². The standard InChI is InChI=1S/C14H18F3NO2S/c1-2-11-7-5-6-10-18(11)21(19,20)13-9-4-3-8-12(13)14(15,16)17/h3-4,8-9,11H,2,5-7,10H2,1H3. The van der Waals surface area contributed by atoms with Crippen LogP contribution in [0.1, 0.15) is 38.2 Å². The molecule has 2 rings (SSSR count). The molecule has 0 spiro atoms. The molecule has 7 heteroatoms. The van der Waals surface area contributed by atoms with Crippen LogP contribution < -0.4 is 0 Å². The van der Waals surface area contributed by atoms with E-state index in [0.717, 1.165) is 18.6 Å². The van der Waals surface area contributed by atoms with Crippen LogP contribution in [-0.4, -0.2) is 25.3 Å². The number of halogens is 3. The number of sulfonamides is 1. The highest BCUT2D eigenvalue weighted by atomic mass is 32.2. The van der Waals surface area contributed by atoms with Crippen molar-refractivity contribution in [3.8, 4) is 0 Å². The van der Waals surface area contributed by atoms with Crippen molar-refractivity contribution in [1.82, 2.24) is 4.31 Å². The topological polar surface area (TPSA) is 37.4 Å². The van der Waals surface area contributed by atoms with E-state index in [0.29, 0.717) is 19.3 Å². The second kappa shape index (κ2) is 5.96. The summed E-state index contributed by atoms with van der Waals surface area (Å²) in [5.41, 5.74) is -1.09. The van der Waals surface area contributed by atoms with Gasteiger partial charge >= 0.3 is 6.18 Å². The molecule has 1 atom stereocenters. The third-order valence-electron chi connectivity index (χ3n) is 3.82. The van der Waals surface area contributed by atoms with Gasteiger partial charge in [-0.05, 0) is 31.4 Å². The summed E-state index contributed by atoms with van der Waals surface area (Å²) in [6.45, 7) is 2.14. The van der Waals surface area contributed by atoms with E-state index in [1.165, 1.54) is 16.4 Å². The second-order valence-corrected chi connectivity index (χ2v) is 7.03. The van der Waals surface area contributed by atoms with Gasteiger partial charge in [0.2, 0.25) is 10.0 Å². The van der Waals surface area contributed by atoms with Crippen LogP contribution in [0.4, 0.5) is 13.2 Å². The lowest BCUT2D eigenvalue weighted by Gasteiger charge is -2.34. The van der Waals surface area contributed by atoms with Gasteiger partial charge in [-0.15, -0.1) is 0 Å². The van der Waals surface area contributed by atoms with Crippen molar-refractivity contribution in [3.63, 3.8) is 0 Å². The normalized spacial score (nSPS) is 21.4. The van der Waals surface area contributed by atoms with Crippen LogP contribution in [0.3, 0.4) is 0 Å². The molecule has 1 aliphatic rings. The van der Waals surface area contributed by atoms with Crippen LogP contribution in [0.25, 0.3) is 0 Å². The molecule has 1 saturated heterocycles. The lowest BCUT2D eigenvalue weighted by atomic mass is 10.0. The number of piperidine rings is 1. The van der Waals surface area contributed by atoms with Crippen molar-refractivity contribution >= 4 is 10.0 Å². The first-order chi connectivity index (χ1) is 9.78. The zero-order chi connectivity index (χ0) is 15.7. The Morgan fingerprint density at radius 2 is 1.90 bits per heavy atom. The fraction of sp³-hybridized carbons (Fsp3) is 0.571. The summed E-state index contributed by atoms with van der Waals surface area (Å²) in [5.74, 6) is 0. The van der Waals surface area contributed by atoms with Gasteiger partial charge in [-0.1, -0.05) is 25.5 Å². The zero-order valence-corrected chi connectivity index (χ0v) is 12.5. The van der Waals surface area contributed by atoms with Gasteiger partial charge in [0.1, 0.15) is 0 Å². The van der Waals surface area contributed by atoms with Crippen molar-refractivity contribution < 1.29 is 21.6 Å². The number of benzene rings is 1. The van der Waals surface area contributed by atoms with Gasteiger partial charge in [-0.3, -0.25) is 0 Å². The fourth-order valence-corrected chi connectivity index (χ4v) is 4.73. The van der Waals surface area contributed by atoms with E-state index in [2.05, 4.69) is 0 Å². The minimum atomic E-state index is -4.68. The van der Waals surface area contributed by atoms with Crippen LogP contribution in [0, 0.1) is 0 Å². The molecular formula is C14H18F3NO2S. The first kappa shape index (κ1) is 16.3. The van der Waals surface area contributed by atoms with Crippen molar-refractivity contribution in [2.45, 2.75) is 49.7 Å². The molecule has 0 radical (unpaired) electrons. The maximum Gasteiger partial charge on any atom is 0.417 e. The molecule has 1 aromatic carbocycles. The Balaban J connectivity index is 2.49. The smallest absolute Gasteiger partial charge is 0.207 e. The largest absolute Gasteiger partial charge is 0.417 e. The number of nitrogens with zero attached hydrogens (tertiary/aromatic N) is 1. The van der Waals surface area contributed by atoms with E-state index in [4.69, 9.17) is 0 Å². The van der Waals surface area contributed by atoms with E-state index < -0.39 is 26.7 Å². The van der Waals surface area contributed by atoms with Crippen molar-refractivity contribution in [2.24, 2.45) is 0 Å². The highest BCUT2D eigenvalue weighted by molar-refractivity contribution is 7.89. The number of hydrogen-bond donors (Lipinski definition) is 0. The molecule has 1 fully saturated rings. The Bertz CT molecular complexity index is 598. The molecule has 118 valence electrons. The van der Waals surface area contributed by atoms with E-state index in [1.54, 1.807) is 0 Å².